The van der Waals surface area contributed by atoms with E-state index in [1.807, 2.05) is 26.0 Å². The summed E-state index contributed by atoms with van der Waals surface area (Å²) in [5, 5.41) is 18.4. The third-order valence-corrected chi connectivity index (χ3v) is 4.45. The Hall–Kier alpha value is -3.11. The van der Waals surface area contributed by atoms with Gasteiger partial charge in [-0.3, -0.25) is 14.6 Å². The van der Waals surface area contributed by atoms with Gasteiger partial charge in [0.15, 0.2) is 17.8 Å². The molecule has 1 atom stereocenters. The molecule has 10 heteroatoms. The van der Waals surface area contributed by atoms with Crippen LogP contribution in [0.15, 0.2) is 21.7 Å². The Bertz CT molecular complexity index is 1120. The fourth-order valence-electron chi connectivity index (χ4n) is 2.89. The lowest BCUT2D eigenvalue weighted by Crippen LogP contribution is -2.29. The Kier molecular flexibility index (Phi) is 5.52. The standard InChI is InChI=1S/C18H20N4O6/c1-9-7-11-12(8-10(9)2)22(5-6-28-14(25)4-3-13(23)24)16-15(19-11)17(26)21-18(27)20-16/h7-8,14,25H,3-6H2,1-2H3,(H,23,24)(H,21,26,27). The van der Waals surface area contributed by atoms with E-state index >= 15 is 0 Å². The van der Waals surface area contributed by atoms with Crippen molar-refractivity contribution in [2.75, 3.05) is 6.61 Å². The van der Waals surface area contributed by atoms with Crippen LogP contribution < -0.4 is 11.2 Å². The molecule has 1 aromatic carbocycles. The molecular weight excluding hydrogens is 368 g/mol. The van der Waals surface area contributed by atoms with Crippen molar-refractivity contribution in [3.05, 3.63) is 44.1 Å². The first-order valence-corrected chi connectivity index (χ1v) is 8.69. The molecule has 0 spiro atoms. The number of hydrogen-bond acceptors (Lipinski definition) is 7. The molecule has 1 aromatic rings. The third-order valence-electron chi connectivity index (χ3n) is 4.45. The molecule has 2 aliphatic heterocycles. The number of aliphatic hydroxyl groups is 1. The number of aromatic amines is 1. The molecule has 10 nitrogen and oxygen atoms in total. The van der Waals surface area contributed by atoms with Crippen LogP contribution in [0.5, 0.6) is 0 Å². The second-order valence-corrected chi connectivity index (χ2v) is 6.49. The molecule has 0 saturated carbocycles. The summed E-state index contributed by atoms with van der Waals surface area (Å²) in [6.45, 7) is 4.06. The first-order valence-electron chi connectivity index (χ1n) is 8.69. The summed E-state index contributed by atoms with van der Waals surface area (Å²) in [6, 6.07) is 3.72. The van der Waals surface area contributed by atoms with E-state index in [1.54, 1.807) is 4.57 Å². The van der Waals surface area contributed by atoms with Crippen LogP contribution in [0.1, 0.15) is 24.0 Å². The van der Waals surface area contributed by atoms with Gasteiger partial charge >= 0.3 is 11.7 Å². The van der Waals surface area contributed by atoms with Crippen LogP contribution in [0.4, 0.5) is 0 Å². The number of nitrogens with zero attached hydrogens (tertiary/aromatic N) is 3. The quantitative estimate of drug-likeness (QED) is 0.389. The van der Waals surface area contributed by atoms with Crippen LogP contribution in [-0.2, 0) is 16.1 Å². The largest absolute Gasteiger partial charge is 0.481 e. The number of H-pyrrole nitrogens is 1. The molecule has 1 unspecified atom stereocenters. The SMILES string of the molecule is Cc1cc2nc3c(=O)[nH]c(=O)nc-3n(CCOC(O)CCC(=O)O)c2cc1C. The fourth-order valence-corrected chi connectivity index (χ4v) is 2.89. The van der Waals surface area contributed by atoms with E-state index in [0.717, 1.165) is 11.1 Å². The molecule has 0 bridgehead atoms. The van der Waals surface area contributed by atoms with Crippen molar-refractivity contribution in [3.63, 3.8) is 0 Å². The maximum Gasteiger partial charge on any atom is 0.349 e. The maximum absolute atomic E-state index is 12.2. The van der Waals surface area contributed by atoms with E-state index in [1.165, 1.54) is 0 Å². The molecule has 0 radical (unpaired) electrons. The molecule has 0 aliphatic carbocycles. The van der Waals surface area contributed by atoms with Crippen LogP contribution in [-0.4, -0.2) is 48.6 Å². The van der Waals surface area contributed by atoms with Gasteiger partial charge in [0.1, 0.15) is 0 Å². The van der Waals surface area contributed by atoms with E-state index < -0.39 is 23.5 Å². The number of fused-ring (bicyclic) bond motifs is 2. The minimum Gasteiger partial charge on any atom is -0.481 e. The monoisotopic (exact) mass is 388 g/mol. The second kappa shape index (κ2) is 7.87. The molecule has 0 saturated heterocycles. The first-order chi connectivity index (χ1) is 13.3. The topological polar surface area (TPSA) is 147 Å². The summed E-state index contributed by atoms with van der Waals surface area (Å²) in [5.74, 6) is -0.909. The van der Waals surface area contributed by atoms with Crippen molar-refractivity contribution < 1.29 is 19.7 Å². The van der Waals surface area contributed by atoms with Gasteiger partial charge in [0.05, 0.1) is 24.1 Å². The number of ether oxygens (including phenoxy) is 1. The fraction of sp³-hybridized carbons (Fsp3) is 0.389. The molecule has 0 fully saturated rings. The summed E-state index contributed by atoms with van der Waals surface area (Å²) in [5.41, 5.74) is 1.84. The number of hydrogen-bond donors (Lipinski definition) is 3. The van der Waals surface area contributed by atoms with Crippen molar-refractivity contribution in [1.82, 2.24) is 19.5 Å². The van der Waals surface area contributed by atoms with Crippen molar-refractivity contribution in [2.24, 2.45) is 0 Å². The van der Waals surface area contributed by atoms with Gasteiger partial charge in [0.25, 0.3) is 5.56 Å². The molecule has 28 heavy (non-hydrogen) atoms. The second-order valence-electron chi connectivity index (χ2n) is 6.49. The zero-order valence-electron chi connectivity index (χ0n) is 15.4. The van der Waals surface area contributed by atoms with Gasteiger partial charge < -0.3 is 19.5 Å². The molecule has 148 valence electrons. The lowest BCUT2D eigenvalue weighted by Gasteiger charge is -2.18. The summed E-state index contributed by atoms with van der Waals surface area (Å²) >= 11 is 0. The van der Waals surface area contributed by atoms with Crippen LogP contribution in [0.3, 0.4) is 0 Å². The number of carboxylic acids is 1. The number of nitrogens with one attached hydrogen (secondary N) is 1. The van der Waals surface area contributed by atoms with E-state index in [9.17, 15) is 19.5 Å². The number of aromatic nitrogens is 4. The Morgan fingerprint density at radius 1 is 1.25 bits per heavy atom. The van der Waals surface area contributed by atoms with Crippen LogP contribution in [0.2, 0.25) is 0 Å². The average molecular weight is 388 g/mol. The molecule has 0 amide bonds. The number of aryl methyl sites for hydroxylation is 2. The molecule has 3 N–H and O–H groups in total. The van der Waals surface area contributed by atoms with E-state index in [4.69, 9.17) is 9.84 Å². The average Bonchev–Trinajstić information content (AvgIpc) is 2.61. The minimum atomic E-state index is -1.23. The van der Waals surface area contributed by atoms with Crippen molar-refractivity contribution in [3.8, 4) is 11.5 Å². The number of aliphatic carboxylic acids is 1. The summed E-state index contributed by atoms with van der Waals surface area (Å²) in [4.78, 5) is 44.8. The highest BCUT2D eigenvalue weighted by molar-refractivity contribution is 5.81. The van der Waals surface area contributed by atoms with Gasteiger partial charge in [-0.2, -0.15) is 4.98 Å². The Morgan fingerprint density at radius 2 is 1.96 bits per heavy atom. The van der Waals surface area contributed by atoms with Crippen LogP contribution in [0.25, 0.3) is 22.6 Å². The number of carbonyl (C=O) groups is 1. The lowest BCUT2D eigenvalue weighted by molar-refractivity contribution is -0.142. The number of aliphatic hydroxyl groups excluding tert-OH is 1. The highest BCUT2D eigenvalue weighted by atomic mass is 16.6. The molecular formula is C18H20N4O6. The van der Waals surface area contributed by atoms with Gasteiger partial charge in [-0.05, 0) is 37.1 Å². The third kappa shape index (κ3) is 4.07. The van der Waals surface area contributed by atoms with Crippen molar-refractivity contribution >= 4 is 17.0 Å². The van der Waals surface area contributed by atoms with E-state index in [2.05, 4.69) is 15.0 Å². The van der Waals surface area contributed by atoms with E-state index in [-0.39, 0.29) is 37.5 Å². The van der Waals surface area contributed by atoms with Crippen molar-refractivity contribution in [2.45, 2.75) is 39.5 Å². The molecule has 2 aliphatic rings. The summed E-state index contributed by atoms with van der Waals surface area (Å²) in [6.07, 6.45) is -1.49. The highest BCUT2D eigenvalue weighted by Crippen LogP contribution is 2.23. The Labute approximate surface area is 158 Å². The predicted molar refractivity (Wildman–Crippen MR) is 99.3 cm³/mol. The summed E-state index contributed by atoms with van der Waals surface area (Å²) < 4.78 is 6.91. The number of carboxylic acid groups (broad SMARTS) is 1. The van der Waals surface area contributed by atoms with E-state index in [0.29, 0.717) is 11.0 Å². The van der Waals surface area contributed by atoms with Gasteiger partial charge in [0, 0.05) is 13.0 Å². The van der Waals surface area contributed by atoms with Gasteiger partial charge in [-0.15, -0.1) is 0 Å². The number of rotatable bonds is 7. The smallest absolute Gasteiger partial charge is 0.349 e. The maximum atomic E-state index is 12.2. The molecule has 0 aromatic heterocycles. The zero-order chi connectivity index (χ0) is 20.4. The molecule has 3 rings (SSSR count). The predicted octanol–water partition coefficient (Wildman–Crippen LogP) is 0.401. The van der Waals surface area contributed by atoms with Gasteiger partial charge in [0.2, 0.25) is 0 Å². The zero-order valence-corrected chi connectivity index (χ0v) is 15.4. The Morgan fingerprint density at radius 3 is 2.68 bits per heavy atom. The Balaban J connectivity index is 2.00. The van der Waals surface area contributed by atoms with Gasteiger partial charge in [-0.25, -0.2) is 9.78 Å². The minimum absolute atomic E-state index is 0.0231. The molecule has 2 heterocycles. The van der Waals surface area contributed by atoms with Crippen LogP contribution >= 0.6 is 0 Å². The normalized spacial score (nSPS) is 12.5. The number of benzene rings is 1. The highest BCUT2D eigenvalue weighted by Gasteiger charge is 2.19. The van der Waals surface area contributed by atoms with Crippen molar-refractivity contribution in [1.29, 1.82) is 0 Å². The van der Waals surface area contributed by atoms with Crippen LogP contribution in [0, 0.1) is 13.8 Å². The summed E-state index contributed by atoms with van der Waals surface area (Å²) in [7, 11) is 0. The lowest BCUT2D eigenvalue weighted by atomic mass is 10.1. The first kappa shape index (κ1) is 19.6. The van der Waals surface area contributed by atoms with Gasteiger partial charge in [-0.1, -0.05) is 0 Å².